The number of fused-ring (bicyclic) bond motifs is 1. The molecule has 7 nitrogen and oxygen atoms in total. The van der Waals surface area contributed by atoms with Crippen LogP contribution in [0, 0.1) is 0 Å². The summed E-state index contributed by atoms with van der Waals surface area (Å²) in [6, 6.07) is 14.0. The summed E-state index contributed by atoms with van der Waals surface area (Å²) >= 11 is 1.46. The second-order valence-electron chi connectivity index (χ2n) is 6.60. The van der Waals surface area contributed by atoms with Gasteiger partial charge in [0.25, 0.3) is 5.91 Å². The highest BCUT2D eigenvalue weighted by atomic mass is 32.2. The fourth-order valence-corrected chi connectivity index (χ4v) is 5.77. The van der Waals surface area contributed by atoms with E-state index in [0.29, 0.717) is 17.9 Å². The number of nitrogens with zero attached hydrogens (tertiary/aromatic N) is 3. The highest BCUT2D eigenvalue weighted by molar-refractivity contribution is 7.89. The molecule has 2 heterocycles. The number of sulfonamides is 1. The van der Waals surface area contributed by atoms with Gasteiger partial charge in [0.05, 0.1) is 15.1 Å². The van der Waals surface area contributed by atoms with Crippen LogP contribution >= 0.6 is 11.3 Å². The second-order valence-corrected chi connectivity index (χ2v) is 9.55. The Kier molecular flexibility index (Phi) is 5.05. The van der Waals surface area contributed by atoms with E-state index < -0.39 is 15.9 Å². The van der Waals surface area contributed by atoms with Crippen molar-refractivity contribution in [3.63, 3.8) is 0 Å². The van der Waals surface area contributed by atoms with Crippen LogP contribution in [0.1, 0.15) is 23.2 Å². The number of carbonyl (C=O) groups excluding carboxylic acids is 1. The van der Waals surface area contributed by atoms with Crippen LogP contribution in [0.2, 0.25) is 0 Å². The van der Waals surface area contributed by atoms with Crippen molar-refractivity contribution in [3.05, 3.63) is 58.9 Å². The van der Waals surface area contributed by atoms with Crippen molar-refractivity contribution in [1.29, 1.82) is 0 Å². The van der Waals surface area contributed by atoms with Crippen LogP contribution in [0.25, 0.3) is 10.2 Å². The Bertz CT molecular complexity index is 1210. The molecule has 9 heteroatoms. The fourth-order valence-electron chi connectivity index (χ4n) is 3.23. The van der Waals surface area contributed by atoms with Gasteiger partial charge in [-0.25, -0.2) is 13.8 Å². The molecule has 0 aliphatic carbocycles. The van der Waals surface area contributed by atoms with Crippen LogP contribution in [0.3, 0.4) is 0 Å². The van der Waals surface area contributed by atoms with E-state index in [1.807, 2.05) is 35.9 Å². The van der Waals surface area contributed by atoms with Crippen molar-refractivity contribution in [2.75, 3.05) is 13.1 Å². The molecule has 1 amide bonds. The van der Waals surface area contributed by atoms with Crippen LogP contribution < -0.4 is 10.2 Å². The van der Waals surface area contributed by atoms with Gasteiger partial charge in [0.15, 0.2) is 0 Å². The zero-order valence-electron chi connectivity index (χ0n) is 15.3. The molecule has 1 fully saturated rings. The van der Waals surface area contributed by atoms with Gasteiger partial charge in [0, 0.05) is 25.7 Å². The maximum atomic E-state index is 12.7. The number of benzene rings is 2. The molecule has 0 bridgehead atoms. The molecular weight excluding hydrogens is 396 g/mol. The molecule has 2 aromatic carbocycles. The average molecular weight is 417 g/mol. The summed E-state index contributed by atoms with van der Waals surface area (Å²) in [7, 11) is -1.68. The van der Waals surface area contributed by atoms with Crippen molar-refractivity contribution in [2.45, 2.75) is 17.7 Å². The van der Waals surface area contributed by atoms with Crippen LogP contribution in [-0.4, -0.2) is 36.3 Å². The van der Waals surface area contributed by atoms with Crippen LogP contribution in [0.15, 0.2) is 58.5 Å². The lowest BCUT2D eigenvalue weighted by atomic mass is 10.2. The predicted octanol–water partition coefficient (Wildman–Crippen LogP) is 2.27. The Hall–Kier alpha value is -2.49. The molecule has 0 spiro atoms. The SMILES string of the molecule is Cn1/c(=N/NC(=O)c2cccc(S(=O)(=O)N3CCCC3)c2)sc2ccccc21. The minimum Gasteiger partial charge on any atom is -0.318 e. The third-order valence-corrected chi connectivity index (χ3v) is 7.77. The molecule has 1 aromatic heterocycles. The molecule has 1 aliphatic heterocycles. The Morgan fingerprint density at radius 1 is 1.11 bits per heavy atom. The number of amides is 1. The topological polar surface area (TPSA) is 83.8 Å². The summed E-state index contributed by atoms with van der Waals surface area (Å²) in [4.78, 5) is 13.3. The number of rotatable bonds is 4. The first-order valence-electron chi connectivity index (χ1n) is 8.96. The molecule has 0 radical (unpaired) electrons. The highest BCUT2D eigenvalue weighted by Gasteiger charge is 2.27. The van der Waals surface area contributed by atoms with Crippen molar-refractivity contribution in [2.24, 2.45) is 12.1 Å². The Morgan fingerprint density at radius 2 is 1.86 bits per heavy atom. The molecule has 1 aliphatic rings. The van der Waals surface area contributed by atoms with Crippen molar-refractivity contribution in [3.8, 4) is 0 Å². The number of thiazole rings is 1. The van der Waals surface area contributed by atoms with Gasteiger partial charge in [-0.1, -0.05) is 29.5 Å². The lowest BCUT2D eigenvalue weighted by molar-refractivity contribution is 0.0952. The normalized spacial score (nSPS) is 16.0. The number of aromatic nitrogens is 1. The molecule has 28 heavy (non-hydrogen) atoms. The van der Waals surface area contributed by atoms with E-state index in [4.69, 9.17) is 0 Å². The predicted molar refractivity (Wildman–Crippen MR) is 108 cm³/mol. The fraction of sp³-hybridized carbons (Fsp3) is 0.263. The van der Waals surface area contributed by atoms with E-state index in [-0.39, 0.29) is 10.5 Å². The summed E-state index contributed by atoms with van der Waals surface area (Å²) in [6.45, 7) is 1.05. The van der Waals surface area contributed by atoms with Gasteiger partial charge < -0.3 is 4.57 Å². The standard InChI is InChI=1S/C19H20N4O3S2/c1-22-16-9-2-3-10-17(16)27-19(22)21-20-18(24)14-7-6-8-15(13-14)28(25,26)23-11-4-5-12-23/h2-3,6-10,13H,4-5,11-12H2,1H3,(H,20,24)/b21-19-. The summed E-state index contributed by atoms with van der Waals surface area (Å²) in [5, 5.41) is 4.21. The molecule has 0 saturated carbocycles. The first-order valence-corrected chi connectivity index (χ1v) is 11.2. The molecule has 4 rings (SSSR count). The minimum atomic E-state index is -3.57. The number of aryl methyl sites for hydroxylation is 1. The molecule has 1 N–H and O–H groups in total. The molecule has 146 valence electrons. The third kappa shape index (κ3) is 3.48. The Balaban J connectivity index is 1.59. The Labute approximate surface area is 167 Å². The third-order valence-electron chi connectivity index (χ3n) is 4.77. The summed E-state index contributed by atoms with van der Waals surface area (Å²) in [5.41, 5.74) is 3.82. The van der Waals surface area contributed by atoms with E-state index in [1.165, 1.54) is 27.8 Å². The van der Waals surface area contributed by atoms with Crippen LogP contribution in [-0.2, 0) is 17.1 Å². The lowest BCUT2D eigenvalue weighted by Gasteiger charge is -2.15. The quantitative estimate of drug-likeness (QED) is 0.662. The maximum Gasteiger partial charge on any atom is 0.271 e. The average Bonchev–Trinajstić information content (AvgIpc) is 3.36. The monoisotopic (exact) mass is 416 g/mol. The number of para-hydroxylation sites is 1. The van der Waals surface area contributed by atoms with Gasteiger partial charge in [0.1, 0.15) is 0 Å². The number of hydrogen-bond donors (Lipinski definition) is 1. The van der Waals surface area contributed by atoms with Gasteiger partial charge in [-0.3, -0.25) is 4.79 Å². The van der Waals surface area contributed by atoms with Crippen molar-refractivity contribution in [1.82, 2.24) is 14.3 Å². The zero-order valence-corrected chi connectivity index (χ0v) is 17.0. The van der Waals surface area contributed by atoms with E-state index in [0.717, 1.165) is 23.1 Å². The van der Waals surface area contributed by atoms with Crippen LogP contribution in [0.4, 0.5) is 0 Å². The second kappa shape index (κ2) is 7.50. The van der Waals surface area contributed by atoms with Gasteiger partial charge in [0.2, 0.25) is 14.8 Å². The van der Waals surface area contributed by atoms with E-state index in [9.17, 15) is 13.2 Å². The summed E-state index contributed by atoms with van der Waals surface area (Å²) in [6.07, 6.45) is 1.73. The molecule has 1 saturated heterocycles. The van der Waals surface area contributed by atoms with E-state index in [2.05, 4.69) is 10.5 Å². The van der Waals surface area contributed by atoms with Gasteiger partial charge in [-0.2, -0.15) is 4.31 Å². The summed E-state index contributed by atoms with van der Waals surface area (Å²) in [5.74, 6) is -0.448. The summed E-state index contributed by atoms with van der Waals surface area (Å²) < 4.78 is 29.8. The maximum absolute atomic E-state index is 12.7. The Morgan fingerprint density at radius 3 is 2.61 bits per heavy atom. The zero-order chi connectivity index (χ0) is 19.7. The number of nitrogens with one attached hydrogen (secondary N) is 1. The molecular formula is C19H20N4O3S2. The first kappa shape index (κ1) is 18.9. The van der Waals surface area contributed by atoms with E-state index >= 15 is 0 Å². The van der Waals surface area contributed by atoms with Gasteiger partial charge >= 0.3 is 0 Å². The highest BCUT2D eigenvalue weighted by Crippen LogP contribution is 2.21. The number of carbonyl (C=O) groups is 1. The number of hydrogen-bond acceptors (Lipinski definition) is 5. The smallest absolute Gasteiger partial charge is 0.271 e. The van der Waals surface area contributed by atoms with Crippen LogP contribution in [0.5, 0.6) is 0 Å². The first-order chi connectivity index (χ1) is 13.5. The largest absolute Gasteiger partial charge is 0.318 e. The molecule has 0 atom stereocenters. The minimum absolute atomic E-state index is 0.134. The lowest BCUT2D eigenvalue weighted by Crippen LogP contribution is -2.28. The van der Waals surface area contributed by atoms with Gasteiger partial charge in [-0.05, 0) is 43.2 Å². The van der Waals surface area contributed by atoms with E-state index in [1.54, 1.807) is 12.1 Å². The van der Waals surface area contributed by atoms with Gasteiger partial charge in [-0.15, -0.1) is 5.10 Å². The van der Waals surface area contributed by atoms with Crippen molar-refractivity contribution < 1.29 is 13.2 Å². The molecule has 3 aromatic rings. The molecule has 0 unspecified atom stereocenters. The van der Waals surface area contributed by atoms with Crippen molar-refractivity contribution >= 4 is 37.5 Å².